The molecule has 1 N–H and O–H groups in total. The van der Waals surface area contributed by atoms with Crippen LogP contribution in [0.15, 0.2) is 28.5 Å². The molecule has 0 radical (unpaired) electrons. The number of nitrogens with zero attached hydrogens (tertiary/aromatic N) is 4. The average molecular weight is 522 g/mol. The minimum Gasteiger partial charge on any atom is -0.507 e. The number of imidazole rings is 1. The van der Waals surface area contributed by atoms with E-state index in [1.54, 1.807) is 38.6 Å². The molecule has 2 aromatic rings. The highest BCUT2D eigenvalue weighted by Crippen LogP contribution is 2.39. The van der Waals surface area contributed by atoms with Gasteiger partial charge in [0.1, 0.15) is 12.3 Å². The smallest absolute Gasteiger partial charge is 0.242 e. The van der Waals surface area contributed by atoms with E-state index in [0.29, 0.717) is 24.3 Å². The van der Waals surface area contributed by atoms with E-state index in [2.05, 4.69) is 20.2 Å². The van der Waals surface area contributed by atoms with Gasteiger partial charge in [-0.25, -0.2) is 0 Å². The van der Waals surface area contributed by atoms with Gasteiger partial charge in [-0.3, -0.25) is 9.59 Å². The van der Waals surface area contributed by atoms with Gasteiger partial charge in [-0.15, -0.1) is 0 Å². The molecule has 1 heterocycles. The van der Waals surface area contributed by atoms with Gasteiger partial charge in [0.15, 0.2) is 5.78 Å². The highest BCUT2D eigenvalue weighted by molar-refractivity contribution is 9.08. The quantitative estimate of drug-likeness (QED) is 0.543. The van der Waals surface area contributed by atoms with Crippen LogP contribution in [0.3, 0.4) is 0 Å². The van der Waals surface area contributed by atoms with Gasteiger partial charge >= 0.3 is 0 Å². The summed E-state index contributed by atoms with van der Waals surface area (Å²) in [5.74, 6) is 0.146. The molecule has 1 aromatic heterocycles. The highest BCUT2D eigenvalue weighted by atomic mass is 79.9. The Morgan fingerprint density at radius 1 is 0.939 bits per heavy atom. The summed E-state index contributed by atoms with van der Waals surface area (Å²) in [6.07, 6.45) is 3.51. The van der Waals surface area contributed by atoms with Gasteiger partial charge in [0.05, 0.1) is 22.7 Å². The van der Waals surface area contributed by atoms with Crippen LogP contribution in [0.1, 0.15) is 76.9 Å². The minimum atomic E-state index is -0.321. The van der Waals surface area contributed by atoms with E-state index in [1.807, 2.05) is 55.4 Å². The van der Waals surface area contributed by atoms with Gasteiger partial charge in [0.25, 0.3) is 0 Å². The molecule has 33 heavy (non-hydrogen) atoms. The lowest BCUT2D eigenvalue weighted by Crippen LogP contribution is -2.37. The first-order chi connectivity index (χ1) is 15.2. The van der Waals surface area contributed by atoms with Crippen LogP contribution in [-0.2, 0) is 28.7 Å². The van der Waals surface area contributed by atoms with E-state index >= 15 is 0 Å². The van der Waals surface area contributed by atoms with E-state index in [4.69, 9.17) is 0 Å². The largest absolute Gasteiger partial charge is 0.507 e. The molecule has 7 nitrogen and oxygen atoms in total. The molecule has 0 unspecified atom stereocenters. The van der Waals surface area contributed by atoms with Crippen LogP contribution in [-0.4, -0.2) is 43.9 Å². The molecule has 1 amide bonds. The zero-order valence-corrected chi connectivity index (χ0v) is 22.7. The topological polar surface area (TPSA) is 79.8 Å². The molecular formula is C25H37BrN4O3. The maximum atomic E-state index is 13.3. The van der Waals surface area contributed by atoms with E-state index in [1.165, 1.54) is 0 Å². The maximum Gasteiger partial charge on any atom is 0.242 e. The van der Waals surface area contributed by atoms with Gasteiger partial charge < -0.3 is 19.1 Å². The Labute approximate surface area is 205 Å². The van der Waals surface area contributed by atoms with Crippen LogP contribution in [0.5, 0.6) is 5.75 Å². The van der Waals surface area contributed by atoms with Crippen molar-refractivity contribution in [1.82, 2.24) is 14.0 Å². The Hall–Kier alpha value is -2.35. The zero-order valence-electron chi connectivity index (χ0n) is 21.1. The molecule has 8 heteroatoms. The van der Waals surface area contributed by atoms with Crippen LogP contribution < -0.4 is 5.62 Å². The Morgan fingerprint density at radius 2 is 1.39 bits per heavy atom. The second-order valence-corrected chi connectivity index (χ2v) is 10.7. The van der Waals surface area contributed by atoms with Gasteiger partial charge in [0, 0.05) is 42.2 Å². The second-order valence-electron chi connectivity index (χ2n) is 10.3. The third-order valence-corrected chi connectivity index (χ3v) is 6.12. The predicted molar refractivity (Wildman–Crippen MR) is 135 cm³/mol. The lowest BCUT2D eigenvalue weighted by atomic mass is 9.78. The van der Waals surface area contributed by atoms with Crippen molar-refractivity contribution in [2.75, 3.05) is 13.1 Å². The van der Waals surface area contributed by atoms with Crippen molar-refractivity contribution in [2.45, 2.75) is 79.3 Å². The molecule has 1 aromatic carbocycles. The molecule has 0 fully saturated rings. The molecular weight excluding hydrogens is 484 g/mol. The van der Waals surface area contributed by atoms with E-state index in [9.17, 15) is 14.7 Å². The summed E-state index contributed by atoms with van der Waals surface area (Å²) >= 11 is 3.14. The molecule has 0 saturated carbocycles. The maximum absolute atomic E-state index is 13.3. The number of phenolic OH excluding ortho intramolecular Hbond substituents is 1. The van der Waals surface area contributed by atoms with Crippen molar-refractivity contribution < 1.29 is 14.7 Å². The predicted octanol–water partition coefficient (Wildman–Crippen LogP) is 4.55. The van der Waals surface area contributed by atoms with Gasteiger partial charge in [-0.1, -0.05) is 41.5 Å². The number of aromatic nitrogens is 2. The number of hydrogen-bond donors (Lipinski definition) is 1. The molecule has 0 spiro atoms. The average Bonchev–Trinajstić information content (AvgIpc) is 3.08. The number of aromatic hydroxyl groups is 1. The van der Waals surface area contributed by atoms with E-state index in [0.717, 1.165) is 11.1 Å². The number of carbonyl (C=O) groups is 2. The number of halogens is 1. The fourth-order valence-electron chi connectivity index (χ4n) is 3.81. The summed E-state index contributed by atoms with van der Waals surface area (Å²) in [7, 11) is 0. The number of benzene rings is 1. The minimum absolute atomic E-state index is 0.00495. The summed E-state index contributed by atoms with van der Waals surface area (Å²) in [5.41, 5.74) is 1.88. The first kappa shape index (κ1) is 26.9. The summed E-state index contributed by atoms with van der Waals surface area (Å²) in [5, 5.41) is 10.9. The Balaban J connectivity index is 2.43. The number of carbonyl (C=O) groups excluding carboxylic acids is 2. The monoisotopic (exact) mass is 520 g/mol. The molecule has 0 bridgehead atoms. The fraction of sp³-hybridized carbons (Fsp3) is 0.560. The van der Waals surface area contributed by atoms with Gasteiger partial charge in [0.2, 0.25) is 11.5 Å². The summed E-state index contributed by atoms with van der Waals surface area (Å²) in [6, 6.07) is 3.58. The van der Waals surface area contributed by atoms with E-state index in [-0.39, 0.29) is 41.4 Å². The molecule has 0 atom stereocenters. The lowest BCUT2D eigenvalue weighted by Gasteiger charge is -2.28. The number of phenols is 1. The lowest BCUT2D eigenvalue weighted by molar-refractivity contribution is -0.131. The number of Topliss-reactive ketones (excluding diaryl/α,β-unsaturated/α-hetero) is 1. The number of rotatable bonds is 7. The van der Waals surface area contributed by atoms with Gasteiger partial charge in [-0.05, 0) is 36.8 Å². The Morgan fingerprint density at radius 3 is 1.79 bits per heavy atom. The zero-order chi connectivity index (χ0) is 25.1. The summed E-state index contributed by atoms with van der Waals surface area (Å²) < 4.78 is 7.58. The summed E-state index contributed by atoms with van der Waals surface area (Å²) in [6.45, 7) is 17.5. The Kier molecular flexibility index (Phi) is 8.38. The molecule has 2 rings (SSSR count). The number of likely N-dealkylation sites (N-methyl/N-ethyl adjacent to an activating group) is 1. The molecule has 0 aliphatic heterocycles. The Bertz CT molecular complexity index is 1050. The van der Waals surface area contributed by atoms with Crippen molar-refractivity contribution in [3.05, 3.63) is 46.8 Å². The SMILES string of the molecule is CCN(CC)C(=O)Cn1ccn(CC(=O)c2cc(C(C)(C)C)c(O)c(C(C)(C)C)c2)/c1=N\Br. The number of hydrogen-bond acceptors (Lipinski definition) is 4. The standard InChI is InChI=1S/C25H37BrN4O3/c1-9-28(10-2)21(32)16-30-12-11-29(23(30)27-26)15-20(31)17-13-18(24(3,4)5)22(33)19(14-17)25(6,7)8/h11-14,33H,9-10,15-16H2,1-8H3/b27-23+. The second kappa shape index (κ2) is 10.3. The number of amides is 1. The first-order valence-electron chi connectivity index (χ1n) is 11.3. The van der Waals surface area contributed by atoms with Gasteiger partial charge in [-0.2, -0.15) is 4.02 Å². The molecule has 0 saturated heterocycles. The fourth-order valence-corrected chi connectivity index (χ4v) is 4.22. The van der Waals surface area contributed by atoms with Crippen LogP contribution >= 0.6 is 16.1 Å². The van der Waals surface area contributed by atoms with Crippen molar-refractivity contribution in [3.8, 4) is 5.75 Å². The molecule has 0 aliphatic rings. The van der Waals surface area contributed by atoms with E-state index < -0.39 is 0 Å². The van der Waals surface area contributed by atoms with Crippen LogP contribution in [0.2, 0.25) is 0 Å². The normalized spacial score (nSPS) is 12.8. The van der Waals surface area contributed by atoms with Crippen molar-refractivity contribution in [2.24, 2.45) is 4.02 Å². The molecule has 0 aliphatic carbocycles. The van der Waals surface area contributed by atoms with Crippen molar-refractivity contribution in [1.29, 1.82) is 0 Å². The van der Waals surface area contributed by atoms with Crippen LogP contribution in [0, 0.1) is 0 Å². The van der Waals surface area contributed by atoms with Crippen molar-refractivity contribution >= 4 is 27.8 Å². The first-order valence-corrected chi connectivity index (χ1v) is 12.0. The van der Waals surface area contributed by atoms with Crippen LogP contribution in [0.4, 0.5) is 0 Å². The van der Waals surface area contributed by atoms with Crippen LogP contribution in [0.25, 0.3) is 0 Å². The summed E-state index contributed by atoms with van der Waals surface area (Å²) in [4.78, 5) is 27.6. The molecule has 182 valence electrons. The van der Waals surface area contributed by atoms with Crippen molar-refractivity contribution in [3.63, 3.8) is 0 Å². The third-order valence-electron chi connectivity index (χ3n) is 5.80. The number of ketones is 1. The highest BCUT2D eigenvalue weighted by Gasteiger charge is 2.28. The third kappa shape index (κ3) is 6.16.